The normalized spacial score (nSPS) is 11.1. The Morgan fingerprint density at radius 3 is 2.53 bits per heavy atom. The van der Waals surface area contributed by atoms with E-state index in [-0.39, 0.29) is 0 Å². The highest BCUT2D eigenvalue weighted by molar-refractivity contribution is 5.63. The van der Waals surface area contributed by atoms with Crippen molar-refractivity contribution in [2.75, 3.05) is 0 Å². The van der Waals surface area contributed by atoms with Crippen molar-refractivity contribution in [2.24, 2.45) is 0 Å². The lowest BCUT2D eigenvalue weighted by Crippen LogP contribution is -2.21. The third kappa shape index (κ3) is 5.89. The van der Waals surface area contributed by atoms with Crippen LogP contribution in [0.5, 0.6) is 5.75 Å². The second-order valence-electron chi connectivity index (χ2n) is 4.52. The Bertz CT molecular complexity index is 381. The van der Waals surface area contributed by atoms with Crippen LogP contribution >= 0.6 is 0 Å². The zero-order valence-corrected chi connectivity index (χ0v) is 10.4. The Hall–Kier alpha value is -1.59. The molecule has 0 aliphatic heterocycles. The van der Waals surface area contributed by atoms with Gasteiger partial charge in [0, 0.05) is 0 Å². The van der Waals surface area contributed by atoms with Crippen LogP contribution in [-0.2, 0) is 14.8 Å². The molecule has 0 saturated heterocycles. The van der Waals surface area contributed by atoms with E-state index in [1.807, 2.05) is 13.0 Å². The molecule has 0 aliphatic carbocycles. The summed E-state index contributed by atoms with van der Waals surface area (Å²) in [5, 5.41) is 4.29. The molecule has 17 heavy (non-hydrogen) atoms. The van der Waals surface area contributed by atoms with E-state index in [4.69, 9.17) is 9.62 Å². The SMILES string of the molecule is Cc1cccc(OC(=O)OOOC(C)(C)C)c1. The maximum atomic E-state index is 11.2. The van der Waals surface area contributed by atoms with E-state index in [1.54, 1.807) is 39.0 Å². The van der Waals surface area contributed by atoms with Gasteiger partial charge in [0.15, 0.2) is 0 Å². The monoisotopic (exact) mass is 240 g/mol. The Morgan fingerprint density at radius 1 is 1.24 bits per heavy atom. The molecule has 0 aliphatic rings. The third-order valence-electron chi connectivity index (χ3n) is 1.58. The number of benzene rings is 1. The number of hydrogen-bond donors (Lipinski definition) is 0. The number of carbonyl (C=O) groups excluding carboxylic acids is 1. The zero-order valence-electron chi connectivity index (χ0n) is 10.4. The first-order valence-electron chi connectivity index (χ1n) is 5.18. The summed E-state index contributed by atoms with van der Waals surface area (Å²) in [6.07, 6.45) is -0.986. The van der Waals surface area contributed by atoms with E-state index in [1.165, 1.54) is 0 Å². The van der Waals surface area contributed by atoms with Crippen LogP contribution in [0.15, 0.2) is 24.3 Å². The van der Waals surface area contributed by atoms with Crippen molar-refractivity contribution in [1.82, 2.24) is 0 Å². The first kappa shape index (κ1) is 13.5. The van der Waals surface area contributed by atoms with Gasteiger partial charge in [-0.3, -0.25) is 0 Å². The summed E-state index contributed by atoms with van der Waals surface area (Å²) in [7, 11) is 0. The lowest BCUT2D eigenvalue weighted by atomic mass is 10.2. The molecule has 0 heterocycles. The van der Waals surface area contributed by atoms with Gasteiger partial charge >= 0.3 is 6.16 Å². The molecule has 0 atom stereocenters. The van der Waals surface area contributed by atoms with Crippen molar-refractivity contribution in [3.63, 3.8) is 0 Å². The molecule has 1 aromatic carbocycles. The third-order valence-corrected chi connectivity index (χ3v) is 1.58. The highest BCUT2D eigenvalue weighted by atomic mass is 17.5. The predicted molar refractivity (Wildman–Crippen MR) is 60.2 cm³/mol. The molecule has 5 heteroatoms. The minimum atomic E-state index is -0.986. The zero-order chi connectivity index (χ0) is 12.9. The van der Waals surface area contributed by atoms with Gasteiger partial charge in [-0.1, -0.05) is 12.1 Å². The van der Waals surface area contributed by atoms with Gasteiger partial charge in [-0.2, -0.15) is 4.89 Å². The lowest BCUT2D eigenvalue weighted by Gasteiger charge is -2.15. The summed E-state index contributed by atoms with van der Waals surface area (Å²) in [6, 6.07) is 6.99. The molecular weight excluding hydrogens is 224 g/mol. The number of rotatable bonds is 3. The minimum Gasteiger partial charge on any atom is -0.393 e. The van der Waals surface area contributed by atoms with Crippen molar-refractivity contribution in [3.8, 4) is 5.75 Å². The lowest BCUT2D eigenvalue weighted by molar-refractivity contribution is -0.513. The molecule has 1 aromatic rings. The van der Waals surface area contributed by atoms with Crippen LogP contribution in [0.4, 0.5) is 4.79 Å². The van der Waals surface area contributed by atoms with Crippen molar-refractivity contribution in [2.45, 2.75) is 33.3 Å². The van der Waals surface area contributed by atoms with E-state index in [9.17, 15) is 4.79 Å². The van der Waals surface area contributed by atoms with E-state index >= 15 is 0 Å². The fraction of sp³-hybridized carbons (Fsp3) is 0.417. The molecule has 0 fully saturated rings. The van der Waals surface area contributed by atoms with Crippen LogP contribution in [0.2, 0.25) is 0 Å². The van der Waals surface area contributed by atoms with Crippen LogP contribution < -0.4 is 4.74 Å². The molecular formula is C12H16O5. The molecule has 5 nitrogen and oxygen atoms in total. The molecule has 0 saturated carbocycles. The molecule has 0 spiro atoms. The molecule has 0 aromatic heterocycles. The Kier molecular flexibility index (Phi) is 4.48. The van der Waals surface area contributed by atoms with Gasteiger partial charge in [-0.05, 0) is 50.4 Å². The Balaban J connectivity index is 2.35. The standard InChI is InChI=1S/C12H16O5/c1-9-6-5-7-10(8-9)14-11(13)15-17-16-12(2,3)4/h5-8H,1-4H3. The average molecular weight is 240 g/mol. The van der Waals surface area contributed by atoms with Crippen LogP contribution in [-0.4, -0.2) is 11.8 Å². The molecule has 94 valence electrons. The van der Waals surface area contributed by atoms with Crippen LogP contribution in [0.3, 0.4) is 0 Å². The maximum Gasteiger partial charge on any atom is 0.548 e. The van der Waals surface area contributed by atoms with Crippen LogP contribution in [0.25, 0.3) is 0 Å². The number of ether oxygens (including phenoxy) is 1. The van der Waals surface area contributed by atoms with Gasteiger partial charge in [0.1, 0.15) is 5.75 Å². The second-order valence-corrected chi connectivity index (χ2v) is 4.52. The summed E-state index contributed by atoms with van der Waals surface area (Å²) in [5.74, 6) is 0.384. The predicted octanol–water partition coefficient (Wildman–Crippen LogP) is 3.17. The first-order valence-corrected chi connectivity index (χ1v) is 5.18. The number of aryl methyl sites for hydroxylation is 1. The largest absolute Gasteiger partial charge is 0.548 e. The second kappa shape index (κ2) is 5.65. The number of carbonyl (C=O) groups is 1. The highest BCUT2D eigenvalue weighted by Gasteiger charge is 2.15. The topological polar surface area (TPSA) is 54.0 Å². The summed E-state index contributed by atoms with van der Waals surface area (Å²) in [6.45, 7) is 7.14. The van der Waals surface area contributed by atoms with Crippen molar-refractivity contribution < 1.29 is 24.3 Å². The fourth-order valence-electron chi connectivity index (χ4n) is 0.939. The van der Waals surface area contributed by atoms with Gasteiger partial charge in [0.2, 0.25) is 0 Å². The summed E-state index contributed by atoms with van der Waals surface area (Å²) >= 11 is 0. The summed E-state index contributed by atoms with van der Waals surface area (Å²) in [4.78, 5) is 20.2. The Labute approximate surface area is 100 Å². The van der Waals surface area contributed by atoms with Crippen molar-refractivity contribution in [1.29, 1.82) is 0 Å². The van der Waals surface area contributed by atoms with Crippen LogP contribution in [0.1, 0.15) is 26.3 Å². The molecule has 0 amide bonds. The van der Waals surface area contributed by atoms with Gasteiger partial charge < -0.3 is 4.74 Å². The van der Waals surface area contributed by atoms with Crippen molar-refractivity contribution in [3.05, 3.63) is 29.8 Å². The summed E-state index contributed by atoms with van der Waals surface area (Å²) in [5.41, 5.74) is 0.408. The molecule has 0 unspecified atom stereocenters. The van der Waals surface area contributed by atoms with Gasteiger partial charge in [0.25, 0.3) is 0 Å². The average Bonchev–Trinajstić information content (AvgIpc) is 2.15. The molecule has 0 bridgehead atoms. The quantitative estimate of drug-likeness (QED) is 0.351. The molecule has 0 N–H and O–H groups in total. The van der Waals surface area contributed by atoms with E-state index < -0.39 is 11.8 Å². The van der Waals surface area contributed by atoms with Gasteiger partial charge in [-0.25, -0.2) is 9.68 Å². The smallest absolute Gasteiger partial charge is 0.393 e. The Morgan fingerprint density at radius 2 is 1.94 bits per heavy atom. The van der Waals surface area contributed by atoms with E-state index in [0.29, 0.717) is 5.75 Å². The number of hydrogen-bond acceptors (Lipinski definition) is 5. The summed E-state index contributed by atoms with van der Waals surface area (Å²) < 4.78 is 4.84. The molecule has 0 radical (unpaired) electrons. The fourth-order valence-corrected chi connectivity index (χ4v) is 0.939. The van der Waals surface area contributed by atoms with Gasteiger partial charge in [0.05, 0.1) is 5.60 Å². The van der Waals surface area contributed by atoms with Gasteiger partial charge in [-0.15, -0.1) is 0 Å². The van der Waals surface area contributed by atoms with E-state index in [2.05, 4.69) is 9.93 Å². The molecule has 1 rings (SSSR count). The van der Waals surface area contributed by atoms with E-state index in [0.717, 1.165) is 5.56 Å². The van der Waals surface area contributed by atoms with Crippen molar-refractivity contribution >= 4 is 6.16 Å². The highest BCUT2D eigenvalue weighted by Crippen LogP contribution is 2.13. The first-order chi connectivity index (χ1) is 7.87. The van der Waals surface area contributed by atoms with Crippen LogP contribution in [0, 0.1) is 6.92 Å². The maximum absolute atomic E-state index is 11.2. The minimum absolute atomic E-state index is 0.384.